The van der Waals surface area contributed by atoms with Gasteiger partial charge in [0.25, 0.3) is 0 Å². The van der Waals surface area contributed by atoms with Gasteiger partial charge in [0, 0.05) is 13.1 Å². The van der Waals surface area contributed by atoms with Crippen molar-refractivity contribution in [2.75, 3.05) is 0 Å². The highest BCUT2D eigenvalue weighted by atomic mass is 16.6. The van der Waals surface area contributed by atoms with E-state index >= 15 is 0 Å². The Kier molecular flexibility index (Phi) is 7.21. The highest BCUT2D eigenvalue weighted by molar-refractivity contribution is 5.84. The minimum Gasteiger partial charge on any atom is -0.258 e. The number of nitrogens with zero attached hydrogens (tertiary/aromatic N) is 6. The molecule has 2 aliphatic heterocycles. The lowest BCUT2D eigenvalue weighted by molar-refractivity contribution is -0.385. The molecule has 0 radical (unpaired) electrons. The number of nitro groups is 2. The Hall–Kier alpha value is -4.86. The first-order valence-corrected chi connectivity index (χ1v) is 12.4. The predicted octanol–water partition coefficient (Wildman–Crippen LogP) is 6.25. The van der Waals surface area contributed by atoms with Crippen LogP contribution in [-0.4, -0.2) is 29.4 Å². The SMILES string of the molecule is O=[N+]([O-])c1cnn2c1/C(=C/c1ccccc1)CCC2.O=[N+]([O-])c1cnn2c1/C(=C/c1ccccc1)CCC2. The molecular weight excluding hydrogens is 484 g/mol. The number of aromatic nitrogens is 4. The van der Waals surface area contributed by atoms with Crippen LogP contribution in [0.1, 0.15) is 48.2 Å². The van der Waals surface area contributed by atoms with Crippen molar-refractivity contribution in [3.05, 3.63) is 116 Å². The number of aryl methyl sites for hydroxylation is 2. The van der Waals surface area contributed by atoms with Gasteiger partial charge < -0.3 is 0 Å². The maximum atomic E-state index is 11.1. The van der Waals surface area contributed by atoms with Crippen LogP contribution in [-0.2, 0) is 13.1 Å². The van der Waals surface area contributed by atoms with E-state index in [1.807, 2.05) is 72.8 Å². The zero-order chi connectivity index (χ0) is 26.5. The maximum absolute atomic E-state index is 11.1. The van der Waals surface area contributed by atoms with E-state index in [0.717, 1.165) is 61.0 Å². The quantitative estimate of drug-likeness (QED) is 0.236. The highest BCUT2D eigenvalue weighted by Gasteiger charge is 2.27. The van der Waals surface area contributed by atoms with E-state index in [0.29, 0.717) is 11.4 Å². The van der Waals surface area contributed by atoms with Crippen molar-refractivity contribution in [2.45, 2.75) is 38.8 Å². The molecule has 38 heavy (non-hydrogen) atoms. The summed E-state index contributed by atoms with van der Waals surface area (Å²) in [6, 6.07) is 19.7. The fourth-order valence-electron chi connectivity index (χ4n) is 4.88. The second-order valence-electron chi connectivity index (χ2n) is 9.08. The summed E-state index contributed by atoms with van der Waals surface area (Å²) < 4.78 is 3.47. The van der Waals surface area contributed by atoms with Gasteiger partial charge in [0.2, 0.25) is 0 Å². The maximum Gasteiger partial charge on any atom is 0.314 e. The normalized spacial score (nSPS) is 16.3. The molecule has 0 N–H and O–H groups in total. The standard InChI is InChI=1S/2C14H13N3O2/c2*18-17(19)13-10-15-16-8-4-7-12(14(13)16)9-11-5-2-1-3-6-11/h2*1-3,5-6,9-10H,4,7-8H2/b2*12-9+. The summed E-state index contributed by atoms with van der Waals surface area (Å²) in [6.45, 7) is 1.49. The molecule has 0 fully saturated rings. The van der Waals surface area contributed by atoms with Gasteiger partial charge in [-0.25, -0.2) is 0 Å². The van der Waals surface area contributed by atoms with E-state index in [-0.39, 0.29) is 21.2 Å². The largest absolute Gasteiger partial charge is 0.314 e. The molecular formula is C28H26N6O4. The van der Waals surface area contributed by atoms with Crippen molar-refractivity contribution in [3.63, 3.8) is 0 Å². The number of benzene rings is 2. The van der Waals surface area contributed by atoms with Crippen LogP contribution in [0.25, 0.3) is 23.3 Å². The Morgan fingerprint density at radius 2 is 1.05 bits per heavy atom. The van der Waals surface area contributed by atoms with Gasteiger partial charge in [0.1, 0.15) is 23.8 Å². The molecule has 0 saturated heterocycles. The van der Waals surface area contributed by atoms with Crippen LogP contribution < -0.4 is 0 Å². The summed E-state index contributed by atoms with van der Waals surface area (Å²) in [6.07, 6.45) is 10.3. The molecule has 0 atom stereocenters. The van der Waals surface area contributed by atoms with Crippen molar-refractivity contribution in [2.24, 2.45) is 0 Å². The first-order chi connectivity index (χ1) is 18.5. The molecule has 6 rings (SSSR count). The van der Waals surface area contributed by atoms with E-state index in [2.05, 4.69) is 10.2 Å². The van der Waals surface area contributed by atoms with Crippen molar-refractivity contribution in [1.82, 2.24) is 19.6 Å². The van der Waals surface area contributed by atoms with Gasteiger partial charge in [0.05, 0.1) is 9.85 Å². The van der Waals surface area contributed by atoms with Crippen molar-refractivity contribution >= 4 is 34.7 Å². The molecule has 4 aromatic rings. The van der Waals surface area contributed by atoms with E-state index in [4.69, 9.17) is 0 Å². The van der Waals surface area contributed by atoms with Crippen LogP contribution in [0.4, 0.5) is 11.4 Å². The fraction of sp³-hybridized carbons (Fsp3) is 0.214. The molecule has 10 nitrogen and oxygen atoms in total. The molecule has 10 heteroatoms. The van der Waals surface area contributed by atoms with Gasteiger partial charge in [-0.2, -0.15) is 10.2 Å². The average Bonchev–Trinajstić information content (AvgIpc) is 3.57. The van der Waals surface area contributed by atoms with E-state index in [1.54, 1.807) is 9.36 Å². The number of fused-ring (bicyclic) bond motifs is 2. The molecule has 2 aromatic heterocycles. The second-order valence-corrected chi connectivity index (χ2v) is 9.08. The van der Waals surface area contributed by atoms with Gasteiger partial charge in [-0.05, 0) is 60.1 Å². The number of rotatable bonds is 4. The Balaban J connectivity index is 0.000000155. The van der Waals surface area contributed by atoms with Gasteiger partial charge in [0.15, 0.2) is 0 Å². The lowest BCUT2D eigenvalue weighted by atomic mass is 9.99. The first-order valence-electron chi connectivity index (χ1n) is 12.4. The first kappa shape index (κ1) is 24.8. The highest BCUT2D eigenvalue weighted by Crippen LogP contribution is 2.35. The molecule has 0 saturated carbocycles. The second kappa shape index (κ2) is 11.0. The van der Waals surface area contributed by atoms with Gasteiger partial charge in [-0.1, -0.05) is 60.7 Å². The van der Waals surface area contributed by atoms with Crippen LogP contribution in [0.15, 0.2) is 73.1 Å². The fourth-order valence-corrected chi connectivity index (χ4v) is 4.88. The lowest BCUT2D eigenvalue weighted by Gasteiger charge is -2.16. The number of hydrogen-bond donors (Lipinski definition) is 0. The Morgan fingerprint density at radius 1 is 0.658 bits per heavy atom. The molecule has 192 valence electrons. The van der Waals surface area contributed by atoms with Crippen molar-refractivity contribution in [1.29, 1.82) is 0 Å². The molecule has 0 unspecified atom stereocenters. The summed E-state index contributed by atoms with van der Waals surface area (Å²) in [7, 11) is 0. The topological polar surface area (TPSA) is 122 Å². The molecule has 0 bridgehead atoms. The van der Waals surface area contributed by atoms with Crippen LogP contribution in [0, 0.1) is 20.2 Å². The zero-order valence-electron chi connectivity index (χ0n) is 20.6. The third kappa shape index (κ3) is 5.29. The van der Waals surface area contributed by atoms with E-state index < -0.39 is 0 Å². The minimum absolute atomic E-state index is 0.0990. The smallest absolute Gasteiger partial charge is 0.258 e. The molecule has 4 heterocycles. The predicted molar refractivity (Wildman–Crippen MR) is 145 cm³/mol. The summed E-state index contributed by atoms with van der Waals surface area (Å²) in [4.78, 5) is 21.4. The van der Waals surface area contributed by atoms with Crippen molar-refractivity contribution in [3.8, 4) is 0 Å². The summed E-state index contributed by atoms with van der Waals surface area (Å²) >= 11 is 0. The number of hydrogen-bond acceptors (Lipinski definition) is 6. The lowest BCUT2D eigenvalue weighted by Crippen LogP contribution is -2.11. The monoisotopic (exact) mass is 510 g/mol. The van der Waals surface area contributed by atoms with Crippen LogP contribution in [0.3, 0.4) is 0 Å². The van der Waals surface area contributed by atoms with Crippen LogP contribution in [0.5, 0.6) is 0 Å². The third-order valence-corrected chi connectivity index (χ3v) is 6.56. The average molecular weight is 511 g/mol. The van der Waals surface area contributed by atoms with E-state index in [1.165, 1.54) is 12.4 Å². The minimum atomic E-state index is -0.358. The van der Waals surface area contributed by atoms with Gasteiger partial charge in [-0.3, -0.25) is 29.6 Å². The molecule has 2 aliphatic rings. The van der Waals surface area contributed by atoms with Crippen LogP contribution >= 0.6 is 0 Å². The van der Waals surface area contributed by atoms with Crippen molar-refractivity contribution < 1.29 is 9.85 Å². The third-order valence-electron chi connectivity index (χ3n) is 6.56. The zero-order valence-corrected chi connectivity index (χ0v) is 20.6. The van der Waals surface area contributed by atoms with Gasteiger partial charge in [-0.15, -0.1) is 0 Å². The summed E-state index contributed by atoms with van der Waals surface area (Å²) in [5.74, 6) is 0. The number of allylic oxidation sites excluding steroid dienone is 2. The van der Waals surface area contributed by atoms with E-state index in [9.17, 15) is 20.2 Å². The van der Waals surface area contributed by atoms with Gasteiger partial charge >= 0.3 is 11.4 Å². The summed E-state index contributed by atoms with van der Waals surface area (Å²) in [5.41, 5.74) is 5.59. The molecule has 0 amide bonds. The summed E-state index contributed by atoms with van der Waals surface area (Å²) in [5, 5.41) is 30.3. The Labute approximate surface area is 218 Å². The Bertz CT molecular complexity index is 1400. The molecule has 0 aliphatic carbocycles. The Morgan fingerprint density at radius 3 is 1.42 bits per heavy atom. The molecule has 2 aromatic carbocycles. The van der Waals surface area contributed by atoms with Crippen LogP contribution in [0.2, 0.25) is 0 Å². The molecule has 0 spiro atoms.